The van der Waals surface area contributed by atoms with Gasteiger partial charge in [-0.1, -0.05) is 91.0 Å². The number of hydrogen-bond donors (Lipinski definition) is 0. The number of fused-ring (bicyclic) bond motifs is 18. The van der Waals surface area contributed by atoms with E-state index in [1.165, 1.54) is 0 Å². The van der Waals surface area contributed by atoms with E-state index in [9.17, 15) is 0 Å². The fraction of sp³-hybridized carbons (Fsp3) is 0. The third-order valence-corrected chi connectivity index (χ3v) is 8.45. The molecule has 0 saturated heterocycles. The van der Waals surface area contributed by atoms with Gasteiger partial charge in [-0.05, 0) is 50.5 Å². The maximum atomic E-state index is 5.13. The lowest BCUT2D eigenvalue weighted by Crippen LogP contribution is -2.03. The number of aliphatic imine (C=N–C) groups is 6. The maximum Gasteiger partial charge on any atom is 0.165 e. The predicted octanol–water partition coefficient (Wildman–Crippen LogP) is 7.08. The summed E-state index contributed by atoms with van der Waals surface area (Å²) in [7, 11) is 0. The summed E-state index contributed by atoms with van der Waals surface area (Å²) in [4.78, 5) is 30.5. The number of benzene rings is 6. The normalized spacial score (nSPS) is 16.0. The topological polar surface area (TPSA) is 74.2 Å². The summed E-state index contributed by atoms with van der Waals surface area (Å²) < 4.78 is 0. The molecule has 192 valence electrons. The van der Waals surface area contributed by atoms with Crippen LogP contribution in [-0.4, -0.2) is 35.0 Å². The second-order valence-electron chi connectivity index (χ2n) is 10.7. The molecule has 10 rings (SSSR count). The van der Waals surface area contributed by atoms with Gasteiger partial charge in [-0.3, -0.25) is 0 Å². The fourth-order valence-corrected chi connectivity index (χ4v) is 6.54. The number of amidine groups is 6. The monoisotopic (exact) mass is 534 g/mol. The smallest absolute Gasteiger partial charge is 0.165 e. The van der Waals surface area contributed by atoms with Crippen molar-refractivity contribution in [2.24, 2.45) is 30.0 Å². The van der Waals surface area contributed by atoms with E-state index < -0.39 is 0 Å². The molecule has 0 radical (unpaired) electrons. The lowest BCUT2D eigenvalue weighted by Gasteiger charge is -2.07. The summed E-state index contributed by atoms with van der Waals surface area (Å²) in [6.07, 6.45) is 0. The number of rotatable bonds is 0. The summed E-state index contributed by atoms with van der Waals surface area (Å²) in [6.45, 7) is 0. The third-order valence-electron chi connectivity index (χ3n) is 8.45. The predicted molar refractivity (Wildman–Crippen MR) is 171 cm³/mol. The molecular weight excluding hydrogens is 516 g/mol. The maximum absolute atomic E-state index is 5.13. The van der Waals surface area contributed by atoms with Crippen molar-refractivity contribution in [1.29, 1.82) is 0 Å². The zero-order chi connectivity index (χ0) is 27.4. The molecule has 6 aromatic carbocycles. The molecular formula is C36H18N6. The van der Waals surface area contributed by atoms with Crippen molar-refractivity contribution >= 4 is 67.3 Å². The summed E-state index contributed by atoms with van der Waals surface area (Å²) >= 11 is 0. The summed E-state index contributed by atoms with van der Waals surface area (Å²) in [6, 6.07) is 37.6. The molecule has 0 spiro atoms. The van der Waals surface area contributed by atoms with Crippen molar-refractivity contribution in [3.63, 3.8) is 0 Å². The zero-order valence-corrected chi connectivity index (χ0v) is 22.1. The van der Waals surface area contributed by atoms with E-state index in [0.717, 1.165) is 65.7 Å². The van der Waals surface area contributed by atoms with Crippen molar-refractivity contribution in [3.8, 4) is 0 Å². The Morgan fingerprint density at radius 2 is 0.548 bits per heavy atom. The molecule has 0 saturated carbocycles. The van der Waals surface area contributed by atoms with Gasteiger partial charge in [0.2, 0.25) is 0 Å². The molecule has 6 nitrogen and oxygen atoms in total. The lowest BCUT2D eigenvalue weighted by atomic mass is 9.98. The first kappa shape index (κ1) is 21.9. The van der Waals surface area contributed by atoms with Crippen molar-refractivity contribution in [2.75, 3.05) is 0 Å². The molecule has 42 heavy (non-hydrogen) atoms. The van der Waals surface area contributed by atoms with Gasteiger partial charge in [-0.25, -0.2) is 30.0 Å². The molecule has 0 aromatic heterocycles. The van der Waals surface area contributed by atoms with Crippen LogP contribution in [0.25, 0.3) is 32.3 Å². The number of nitrogens with zero attached hydrogens (tertiary/aromatic N) is 6. The van der Waals surface area contributed by atoms with Gasteiger partial charge in [-0.2, -0.15) is 0 Å². The molecule has 4 aliphatic rings. The Hall–Kier alpha value is -5.88. The van der Waals surface area contributed by atoms with Crippen LogP contribution < -0.4 is 0 Å². The van der Waals surface area contributed by atoms with E-state index >= 15 is 0 Å². The molecule has 6 bridgehead atoms. The van der Waals surface area contributed by atoms with Crippen LogP contribution in [0.4, 0.5) is 0 Å². The summed E-state index contributed by atoms with van der Waals surface area (Å²) in [5.74, 6) is 3.57. The second kappa shape index (κ2) is 7.86. The Kier molecular flexibility index (Phi) is 4.10. The van der Waals surface area contributed by atoms with Crippen molar-refractivity contribution in [1.82, 2.24) is 0 Å². The minimum Gasteiger partial charge on any atom is -0.208 e. The zero-order valence-electron chi connectivity index (χ0n) is 22.1. The van der Waals surface area contributed by atoms with Gasteiger partial charge in [0.05, 0.1) is 0 Å². The molecule has 0 aliphatic carbocycles. The van der Waals surface area contributed by atoms with Gasteiger partial charge in [0.15, 0.2) is 35.0 Å². The molecule has 0 atom stereocenters. The summed E-state index contributed by atoms with van der Waals surface area (Å²) in [5, 5.41) is 6.60. The molecule has 6 aromatic rings. The van der Waals surface area contributed by atoms with Gasteiger partial charge in [0.1, 0.15) is 0 Å². The standard InChI is InChI=1S/C36H18N6/c1-4-10-22-19(7-1)13-16-25-28(22)34-37-31(25)41-35-30-24-12-6-3-9-21(24)15-18-27(30)33(39-35)42-36-29-23-11-5-2-8-20(23)14-17-26(29)32(38-36)40-34/h1-18H. The van der Waals surface area contributed by atoms with Crippen LogP contribution in [0, 0.1) is 0 Å². The van der Waals surface area contributed by atoms with E-state index in [1.54, 1.807) is 0 Å². The average Bonchev–Trinajstić information content (AvgIpc) is 3.69. The highest BCUT2D eigenvalue weighted by Gasteiger charge is 2.32. The largest absolute Gasteiger partial charge is 0.208 e. The van der Waals surface area contributed by atoms with Crippen molar-refractivity contribution in [2.45, 2.75) is 0 Å². The fourth-order valence-electron chi connectivity index (χ4n) is 6.54. The second-order valence-corrected chi connectivity index (χ2v) is 10.7. The van der Waals surface area contributed by atoms with Gasteiger partial charge >= 0.3 is 0 Å². The highest BCUT2D eigenvalue weighted by Crippen LogP contribution is 2.36. The van der Waals surface area contributed by atoms with Crippen LogP contribution in [0.2, 0.25) is 0 Å². The minimum absolute atomic E-state index is 0.593. The highest BCUT2D eigenvalue weighted by molar-refractivity contribution is 6.38. The SMILES string of the molecule is c1ccc2c3c(ccc2c1)C1=NC3=NC2=NC(=NC3=NC(=N1)c1c3ccc3ccccc13)c1c2ccc2ccccc12. The molecule has 0 N–H and O–H groups in total. The Labute approximate surface area is 239 Å². The van der Waals surface area contributed by atoms with Gasteiger partial charge in [-0.15, -0.1) is 0 Å². The minimum atomic E-state index is 0.593. The first-order chi connectivity index (χ1) is 20.8. The van der Waals surface area contributed by atoms with E-state index in [4.69, 9.17) is 30.0 Å². The van der Waals surface area contributed by atoms with Crippen LogP contribution in [0.1, 0.15) is 33.4 Å². The van der Waals surface area contributed by atoms with Crippen LogP contribution in [0.15, 0.2) is 139 Å². The van der Waals surface area contributed by atoms with E-state index in [-0.39, 0.29) is 0 Å². The van der Waals surface area contributed by atoms with Gasteiger partial charge < -0.3 is 0 Å². The Balaban J connectivity index is 1.35. The Bertz CT molecular complexity index is 2180. The van der Waals surface area contributed by atoms with Gasteiger partial charge in [0, 0.05) is 33.4 Å². The lowest BCUT2D eigenvalue weighted by molar-refractivity contribution is 1.49. The molecule has 0 fully saturated rings. The Morgan fingerprint density at radius 3 is 0.881 bits per heavy atom. The van der Waals surface area contributed by atoms with Crippen LogP contribution in [0.3, 0.4) is 0 Å². The molecule has 0 amide bonds. The first-order valence-electron chi connectivity index (χ1n) is 13.9. The molecule has 0 unspecified atom stereocenters. The Morgan fingerprint density at radius 1 is 0.262 bits per heavy atom. The molecule has 4 heterocycles. The van der Waals surface area contributed by atoms with Crippen molar-refractivity contribution < 1.29 is 0 Å². The molecule has 6 heteroatoms. The van der Waals surface area contributed by atoms with Gasteiger partial charge in [0.25, 0.3) is 0 Å². The van der Waals surface area contributed by atoms with Crippen LogP contribution >= 0.6 is 0 Å². The average molecular weight is 535 g/mol. The molecule has 4 aliphatic heterocycles. The quantitative estimate of drug-likeness (QED) is 0.200. The highest BCUT2D eigenvalue weighted by atomic mass is 15.1. The van der Waals surface area contributed by atoms with Crippen molar-refractivity contribution in [3.05, 3.63) is 143 Å². The van der Waals surface area contributed by atoms with Crippen LogP contribution in [-0.2, 0) is 0 Å². The van der Waals surface area contributed by atoms with E-state index in [1.807, 2.05) is 36.4 Å². The third kappa shape index (κ3) is 2.87. The first-order valence-corrected chi connectivity index (χ1v) is 13.9. The van der Waals surface area contributed by atoms with Crippen LogP contribution in [0.5, 0.6) is 0 Å². The van der Waals surface area contributed by atoms with E-state index in [0.29, 0.717) is 35.0 Å². The van der Waals surface area contributed by atoms with E-state index in [2.05, 4.69) is 72.8 Å². The summed E-state index contributed by atoms with van der Waals surface area (Å²) in [5.41, 5.74) is 5.68. The number of hydrogen-bond acceptors (Lipinski definition) is 6.